The van der Waals surface area contributed by atoms with Crippen LogP contribution in [-0.4, -0.2) is 48.1 Å². The van der Waals surface area contributed by atoms with E-state index in [2.05, 4.69) is 4.98 Å². The highest BCUT2D eigenvalue weighted by atomic mass is 32.1. The number of hydrogen-bond acceptors (Lipinski definition) is 5. The summed E-state index contributed by atoms with van der Waals surface area (Å²) in [6, 6.07) is 0. The Hall–Kier alpha value is -1.64. The Morgan fingerprint density at radius 1 is 1.45 bits per heavy atom. The molecule has 0 saturated carbocycles. The second kappa shape index (κ2) is 6.69. The molecule has 1 amide bonds. The van der Waals surface area contributed by atoms with Gasteiger partial charge in [0, 0.05) is 19.0 Å². The van der Waals surface area contributed by atoms with E-state index in [0.717, 1.165) is 16.2 Å². The third-order valence-corrected chi connectivity index (χ3v) is 3.07. The minimum atomic E-state index is -4.33. The molecule has 1 rings (SSSR count). The van der Waals surface area contributed by atoms with Crippen LogP contribution in [0.1, 0.15) is 33.6 Å². The van der Waals surface area contributed by atoms with Gasteiger partial charge in [0.05, 0.1) is 13.0 Å². The zero-order chi connectivity index (χ0) is 15.3. The number of esters is 1. The third-order valence-electron chi connectivity index (χ3n) is 2.25. The molecule has 0 radical (unpaired) electrons. The summed E-state index contributed by atoms with van der Waals surface area (Å²) in [5, 5.41) is 1.32. The molecular weight excluding hydrogens is 297 g/mol. The summed E-state index contributed by atoms with van der Waals surface area (Å²) in [6.45, 7) is 1.34. The molecule has 0 saturated heterocycles. The Kier molecular flexibility index (Phi) is 5.49. The fourth-order valence-corrected chi connectivity index (χ4v) is 1.93. The van der Waals surface area contributed by atoms with Crippen LogP contribution in [0.3, 0.4) is 0 Å². The van der Waals surface area contributed by atoms with Gasteiger partial charge in [-0.15, -0.1) is 11.3 Å². The van der Waals surface area contributed by atoms with Gasteiger partial charge < -0.3 is 9.64 Å². The first-order valence-corrected chi connectivity index (χ1v) is 6.57. The molecule has 112 valence electrons. The number of thiazole rings is 1. The lowest BCUT2D eigenvalue weighted by Gasteiger charge is -2.16. The van der Waals surface area contributed by atoms with Gasteiger partial charge in [0.1, 0.15) is 5.69 Å². The van der Waals surface area contributed by atoms with Crippen LogP contribution in [0.5, 0.6) is 0 Å². The summed E-state index contributed by atoms with van der Waals surface area (Å²) in [4.78, 5) is 27.8. The van der Waals surface area contributed by atoms with Crippen LogP contribution >= 0.6 is 11.3 Å². The third kappa shape index (κ3) is 4.80. The molecule has 9 heteroatoms. The van der Waals surface area contributed by atoms with E-state index in [9.17, 15) is 22.8 Å². The van der Waals surface area contributed by atoms with Gasteiger partial charge in [-0.05, 0) is 6.92 Å². The number of halogens is 3. The van der Waals surface area contributed by atoms with Crippen LogP contribution in [0, 0.1) is 0 Å². The maximum Gasteiger partial charge on any atom is 0.390 e. The molecule has 1 heterocycles. The van der Waals surface area contributed by atoms with Gasteiger partial charge >= 0.3 is 12.1 Å². The fourth-order valence-electron chi connectivity index (χ4n) is 1.25. The molecule has 0 atom stereocenters. The highest BCUT2D eigenvalue weighted by Crippen LogP contribution is 2.20. The Bertz CT molecular complexity index is 488. The van der Waals surface area contributed by atoms with Crippen molar-refractivity contribution in [3.63, 3.8) is 0 Å². The number of carbonyl (C=O) groups excluding carboxylic acids is 2. The zero-order valence-corrected chi connectivity index (χ0v) is 11.7. The van der Waals surface area contributed by atoms with Crippen molar-refractivity contribution in [3.8, 4) is 0 Å². The van der Waals surface area contributed by atoms with E-state index >= 15 is 0 Å². The quantitative estimate of drug-likeness (QED) is 0.783. The topological polar surface area (TPSA) is 59.5 Å². The maximum absolute atomic E-state index is 12.1. The summed E-state index contributed by atoms with van der Waals surface area (Å²) in [6.07, 6.45) is -5.42. The lowest BCUT2D eigenvalue weighted by Crippen LogP contribution is -2.30. The molecule has 5 nitrogen and oxygen atoms in total. The van der Waals surface area contributed by atoms with Crippen molar-refractivity contribution in [2.45, 2.75) is 19.5 Å². The minimum absolute atomic E-state index is 0.000536. The first kappa shape index (κ1) is 16.4. The monoisotopic (exact) mass is 310 g/mol. The normalized spacial score (nSPS) is 11.2. The van der Waals surface area contributed by atoms with Crippen LogP contribution < -0.4 is 0 Å². The first-order valence-electron chi connectivity index (χ1n) is 5.69. The summed E-state index contributed by atoms with van der Waals surface area (Å²) < 4.78 is 40.9. The summed E-state index contributed by atoms with van der Waals surface area (Å²) >= 11 is 0.912. The summed E-state index contributed by atoms with van der Waals surface area (Å²) in [7, 11) is 1.25. The molecule has 20 heavy (non-hydrogen) atoms. The summed E-state index contributed by atoms with van der Waals surface area (Å²) in [5.41, 5.74) is -0.0669. The van der Waals surface area contributed by atoms with E-state index in [-0.39, 0.29) is 17.3 Å². The Morgan fingerprint density at radius 2 is 2.10 bits per heavy atom. The van der Waals surface area contributed by atoms with E-state index < -0.39 is 31.0 Å². The molecular formula is C11H13F3N2O3S. The molecule has 0 unspecified atom stereocenters. The fraction of sp³-hybridized carbons (Fsp3) is 0.545. The zero-order valence-electron chi connectivity index (χ0n) is 10.9. The molecule has 1 aromatic heterocycles. The summed E-state index contributed by atoms with van der Waals surface area (Å²) in [5.74, 6) is -1.32. The average molecular weight is 310 g/mol. The molecule has 0 aliphatic carbocycles. The molecule has 0 bridgehead atoms. The van der Waals surface area contributed by atoms with Crippen molar-refractivity contribution in [2.24, 2.45) is 0 Å². The molecule has 0 spiro atoms. The number of carbonyl (C=O) groups is 2. The lowest BCUT2D eigenvalue weighted by atomic mass is 10.3. The number of aromatic nitrogens is 1. The maximum atomic E-state index is 12.1. The van der Waals surface area contributed by atoms with Gasteiger partial charge in [-0.1, -0.05) is 0 Å². The molecule has 0 fully saturated rings. The van der Waals surface area contributed by atoms with Crippen LogP contribution in [0.25, 0.3) is 0 Å². The predicted molar refractivity (Wildman–Crippen MR) is 65.7 cm³/mol. The largest absolute Gasteiger partial charge is 0.461 e. The van der Waals surface area contributed by atoms with Gasteiger partial charge in [-0.3, -0.25) is 4.79 Å². The first-order chi connectivity index (χ1) is 9.24. The van der Waals surface area contributed by atoms with E-state index in [0.29, 0.717) is 0 Å². The lowest BCUT2D eigenvalue weighted by molar-refractivity contribution is -0.136. The predicted octanol–water partition coefficient (Wildman–Crippen LogP) is 2.34. The van der Waals surface area contributed by atoms with Crippen molar-refractivity contribution in [2.75, 3.05) is 20.2 Å². The van der Waals surface area contributed by atoms with Crippen molar-refractivity contribution in [1.82, 2.24) is 9.88 Å². The number of alkyl halides is 3. The Balaban J connectivity index is 2.66. The van der Waals surface area contributed by atoms with E-state index in [1.807, 2.05) is 0 Å². The van der Waals surface area contributed by atoms with Crippen LogP contribution in [0.4, 0.5) is 13.2 Å². The molecule has 0 aromatic carbocycles. The molecule has 0 N–H and O–H groups in total. The van der Waals surface area contributed by atoms with Gasteiger partial charge in [-0.25, -0.2) is 9.78 Å². The second-order valence-electron chi connectivity index (χ2n) is 3.85. The van der Waals surface area contributed by atoms with Gasteiger partial charge in [0.15, 0.2) is 0 Å². The molecule has 0 aliphatic rings. The van der Waals surface area contributed by atoms with Crippen molar-refractivity contribution in [3.05, 3.63) is 16.1 Å². The van der Waals surface area contributed by atoms with Gasteiger partial charge in [-0.2, -0.15) is 13.2 Å². The van der Waals surface area contributed by atoms with Crippen LogP contribution in [0.15, 0.2) is 5.38 Å². The second-order valence-corrected chi connectivity index (χ2v) is 4.71. The van der Waals surface area contributed by atoms with Crippen LogP contribution in [-0.2, 0) is 4.74 Å². The number of hydrogen-bond donors (Lipinski definition) is 0. The smallest absolute Gasteiger partial charge is 0.390 e. The minimum Gasteiger partial charge on any atom is -0.461 e. The number of ether oxygens (including phenoxy) is 1. The van der Waals surface area contributed by atoms with Gasteiger partial charge in [0.2, 0.25) is 5.01 Å². The van der Waals surface area contributed by atoms with E-state index in [4.69, 9.17) is 4.74 Å². The van der Waals surface area contributed by atoms with Crippen molar-refractivity contribution in [1.29, 1.82) is 0 Å². The number of nitrogens with zero attached hydrogens (tertiary/aromatic N) is 2. The average Bonchev–Trinajstić information content (AvgIpc) is 2.84. The van der Waals surface area contributed by atoms with Crippen LogP contribution in [0.2, 0.25) is 0 Å². The van der Waals surface area contributed by atoms with E-state index in [1.165, 1.54) is 12.4 Å². The standard InChI is InChI=1S/C11H13F3N2O3S/c1-3-19-10(18)8-15-7(6-20-8)9(17)16(2)5-4-11(12,13)14/h6H,3-5H2,1-2H3. The number of rotatable bonds is 5. The Labute approximate surface area is 117 Å². The highest BCUT2D eigenvalue weighted by Gasteiger charge is 2.28. The Morgan fingerprint density at radius 3 is 2.65 bits per heavy atom. The van der Waals surface area contributed by atoms with Crippen molar-refractivity contribution < 1.29 is 27.5 Å². The molecule has 0 aliphatic heterocycles. The van der Waals surface area contributed by atoms with E-state index in [1.54, 1.807) is 6.92 Å². The SMILES string of the molecule is CCOC(=O)c1nc(C(=O)N(C)CCC(F)(F)F)cs1. The molecule has 1 aromatic rings. The highest BCUT2D eigenvalue weighted by molar-refractivity contribution is 7.11. The van der Waals surface area contributed by atoms with Gasteiger partial charge in [0.25, 0.3) is 5.91 Å². The van der Waals surface area contributed by atoms with Crippen molar-refractivity contribution >= 4 is 23.2 Å². The number of amides is 1.